The van der Waals surface area contributed by atoms with Gasteiger partial charge in [-0.1, -0.05) is 0 Å². The van der Waals surface area contributed by atoms with Crippen LogP contribution in [-0.4, -0.2) is 30.6 Å². The van der Waals surface area contributed by atoms with Gasteiger partial charge in [-0.3, -0.25) is 10.1 Å². The summed E-state index contributed by atoms with van der Waals surface area (Å²) < 4.78 is 21.4. The zero-order valence-corrected chi connectivity index (χ0v) is 9.98. The molecule has 1 aromatic heterocycles. The summed E-state index contributed by atoms with van der Waals surface area (Å²) >= 11 is 0. The minimum atomic E-state index is -3.60. The van der Waals surface area contributed by atoms with Crippen LogP contribution in [0.5, 0.6) is 0 Å². The summed E-state index contributed by atoms with van der Waals surface area (Å²) in [5, 5.41) is 18.0. The Hall–Kier alpha value is -1.98. The number of nitrogens with zero attached hydrogens (tertiary/aromatic N) is 2. The maximum Gasteiger partial charge on any atom is 0.276 e. The Morgan fingerprint density at radius 1 is 1.39 bits per heavy atom. The van der Waals surface area contributed by atoms with Gasteiger partial charge in [0.05, 0.1) is 22.8 Å². The number of hydrogen-bond donors (Lipinski definition) is 4. The van der Waals surface area contributed by atoms with Crippen LogP contribution in [0.15, 0.2) is 12.1 Å². The van der Waals surface area contributed by atoms with Gasteiger partial charge in [-0.15, -0.1) is 0 Å². The Morgan fingerprint density at radius 2 is 2.00 bits per heavy atom. The lowest BCUT2D eigenvalue weighted by Crippen LogP contribution is -2.22. The monoisotopic (exact) mass is 276 g/mol. The Kier molecular flexibility index (Phi) is 4.36. The SMILES string of the molecule is NNc1cc([N+](=O)[O-])cc(NCCS(N)(=O)=O)n1. The van der Waals surface area contributed by atoms with Crippen molar-refractivity contribution >= 4 is 27.3 Å². The Bertz CT molecular complexity index is 545. The van der Waals surface area contributed by atoms with Crippen molar-refractivity contribution in [1.29, 1.82) is 0 Å². The molecule has 0 bridgehead atoms. The zero-order valence-electron chi connectivity index (χ0n) is 9.16. The molecule has 0 fully saturated rings. The van der Waals surface area contributed by atoms with E-state index in [1.807, 2.05) is 0 Å². The number of hydrogen-bond acceptors (Lipinski definition) is 8. The summed E-state index contributed by atoms with van der Waals surface area (Å²) in [6.07, 6.45) is 0. The van der Waals surface area contributed by atoms with E-state index in [2.05, 4.69) is 15.7 Å². The predicted octanol–water partition coefficient (Wildman–Crippen LogP) is -1.02. The molecule has 0 radical (unpaired) electrons. The summed E-state index contributed by atoms with van der Waals surface area (Å²) in [5.41, 5.74) is 1.94. The third-order valence-electron chi connectivity index (χ3n) is 1.86. The molecule has 0 saturated heterocycles. The molecule has 0 saturated carbocycles. The van der Waals surface area contributed by atoms with E-state index in [1.165, 1.54) is 0 Å². The quantitative estimate of drug-likeness (QED) is 0.291. The molecule has 6 N–H and O–H groups in total. The minimum absolute atomic E-state index is 0.0169. The number of nitrogens with one attached hydrogen (secondary N) is 2. The smallest absolute Gasteiger partial charge is 0.276 e. The molecule has 0 aromatic carbocycles. The van der Waals surface area contributed by atoms with Crippen LogP contribution in [0.4, 0.5) is 17.3 Å². The second kappa shape index (κ2) is 5.57. The van der Waals surface area contributed by atoms with Crippen LogP contribution in [0.25, 0.3) is 0 Å². The number of nitrogen functional groups attached to an aromatic ring is 1. The van der Waals surface area contributed by atoms with Crippen molar-refractivity contribution in [3.8, 4) is 0 Å². The van der Waals surface area contributed by atoms with Crippen molar-refractivity contribution in [2.45, 2.75) is 0 Å². The Labute approximate surface area is 103 Å². The molecule has 18 heavy (non-hydrogen) atoms. The van der Waals surface area contributed by atoms with Crippen LogP contribution >= 0.6 is 0 Å². The number of nitrogens with two attached hydrogens (primary N) is 2. The standard InChI is InChI=1S/C7H12N6O4S/c8-12-7-4-5(13(14)15)3-6(11-7)10-1-2-18(9,16)17/h3-4H,1-2,8H2,(H2,9,16,17)(H2,10,11,12). The van der Waals surface area contributed by atoms with Crippen LogP contribution in [0.1, 0.15) is 0 Å². The first-order valence-electron chi connectivity index (χ1n) is 4.69. The largest absolute Gasteiger partial charge is 0.369 e. The topological polar surface area (TPSA) is 166 Å². The summed E-state index contributed by atoms with van der Waals surface area (Å²) in [6, 6.07) is 2.30. The third-order valence-corrected chi connectivity index (χ3v) is 2.63. The van der Waals surface area contributed by atoms with Gasteiger partial charge >= 0.3 is 0 Å². The molecule has 0 aliphatic heterocycles. The molecule has 11 heteroatoms. The number of pyridine rings is 1. The summed E-state index contributed by atoms with van der Waals surface area (Å²) in [5.74, 6) is 5.00. The fraction of sp³-hybridized carbons (Fsp3) is 0.286. The first-order valence-corrected chi connectivity index (χ1v) is 6.41. The van der Waals surface area contributed by atoms with E-state index in [1.54, 1.807) is 0 Å². The Morgan fingerprint density at radius 3 is 2.50 bits per heavy atom. The zero-order chi connectivity index (χ0) is 13.8. The molecule has 10 nitrogen and oxygen atoms in total. The van der Waals surface area contributed by atoms with Gasteiger partial charge in [0.1, 0.15) is 11.6 Å². The fourth-order valence-electron chi connectivity index (χ4n) is 1.11. The predicted molar refractivity (Wildman–Crippen MR) is 65.2 cm³/mol. The van der Waals surface area contributed by atoms with Gasteiger partial charge in [0, 0.05) is 6.54 Å². The molecule has 0 unspecified atom stereocenters. The van der Waals surface area contributed by atoms with E-state index in [0.29, 0.717) is 0 Å². The molecule has 0 spiro atoms. The molecule has 1 rings (SSSR count). The highest BCUT2D eigenvalue weighted by Crippen LogP contribution is 2.19. The second-order valence-corrected chi connectivity index (χ2v) is 5.03. The van der Waals surface area contributed by atoms with Gasteiger partial charge in [-0.2, -0.15) is 0 Å². The van der Waals surface area contributed by atoms with E-state index < -0.39 is 14.9 Å². The number of aromatic nitrogens is 1. The average Bonchev–Trinajstić information content (AvgIpc) is 2.26. The number of nitro groups is 1. The van der Waals surface area contributed by atoms with Gasteiger partial charge in [-0.25, -0.2) is 24.4 Å². The van der Waals surface area contributed by atoms with Gasteiger partial charge in [0.15, 0.2) is 0 Å². The fourth-order valence-corrected chi connectivity index (χ4v) is 1.49. The molecule has 1 aromatic rings. The van der Waals surface area contributed by atoms with Crippen molar-refractivity contribution in [2.75, 3.05) is 23.0 Å². The molecule has 100 valence electrons. The highest BCUT2D eigenvalue weighted by molar-refractivity contribution is 7.89. The van der Waals surface area contributed by atoms with Gasteiger partial charge in [0.2, 0.25) is 10.0 Å². The highest BCUT2D eigenvalue weighted by Gasteiger charge is 2.11. The van der Waals surface area contributed by atoms with E-state index in [9.17, 15) is 18.5 Å². The lowest BCUT2D eigenvalue weighted by atomic mass is 10.3. The van der Waals surface area contributed by atoms with Crippen LogP contribution in [0.3, 0.4) is 0 Å². The van der Waals surface area contributed by atoms with E-state index in [0.717, 1.165) is 12.1 Å². The molecule has 0 aliphatic carbocycles. The lowest BCUT2D eigenvalue weighted by Gasteiger charge is -2.06. The number of hydrazine groups is 1. The van der Waals surface area contributed by atoms with Crippen molar-refractivity contribution in [3.05, 3.63) is 22.2 Å². The van der Waals surface area contributed by atoms with Crippen molar-refractivity contribution in [3.63, 3.8) is 0 Å². The van der Waals surface area contributed by atoms with Crippen LogP contribution in [0, 0.1) is 10.1 Å². The number of anilines is 2. The minimum Gasteiger partial charge on any atom is -0.369 e. The number of rotatable bonds is 6. The first kappa shape index (κ1) is 14.1. The molecular weight excluding hydrogens is 264 g/mol. The molecule has 0 aliphatic rings. The summed E-state index contributed by atoms with van der Waals surface area (Å²) in [4.78, 5) is 13.9. The lowest BCUT2D eigenvalue weighted by molar-refractivity contribution is -0.384. The van der Waals surface area contributed by atoms with E-state index >= 15 is 0 Å². The van der Waals surface area contributed by atoms with E-state index in [-0.39, 0.29) is 29.6 Å². The molecule has 1 heterocycles. The van der Waals surface area contributed by atoms with Gasteiger partial charge in [-0.05, 0) is 0 Å². The second-order valence-electron chi connectivity index (χ2n) is 3.29. The maximum absolute atomic E-state index is 10.7. The van der Waals surface area contributed by atoms with Crippen LogP contribution in [0.2, 0.25) is 0 Å². The Balaban J connectivity index is 2.82. The van der Waals surface area contributed by atoms with Crippen molar-refractivity contribution in [1.82, 2.24) is 4.98 Å². The molecular formula is C7H12N6O4S. The van der Waals surface area contributed by atoms with Crippen LogP contribution < -0.4 is 21.7 Å². The highest BCUT2D eigenvalue weighted by atomic mass is 32.2. The molecule has 0 atom stereocenters. The van der Waals surface area contributed by atoms with Crippen molar-refractivity contribution < 1.29 is 13.3 Å². The average molecular weight is 276 g/mol. The van der Waals surface area contributed by atoms with Crippen molar-refractivity contribution in [2.24, 2.45) is 11.0 Å². The maximum atomic E-state index is 10.7. The van der Waals surface area contributed by atoms with Gasteiger partial charge < -0.3 is 10.7 Å². The van der Waals surface area contributed by atoms with E-state index in [4.69, 9.17) is 11.0 Å². The normalized spacial score (nSPS) is 11.0. The van der Waals surface area contributed by atoms with Crippen LogP contribution in [-0.2, 0) is 10.0 Å². The summed E-state index contributed by atoms with van der Waals surface area (Å²) in [7, 11) is -3.60. The van der Waals surface area contributed by atoms with Gasteiger partial charge in [0.25, 0.3) is 5.69 Å². The number of sulfonamides is 1. The molecule has 0 amide bonds. The first-order chi connectivity index (χ1) is 8.31. The summed E-state index contributed by atoms with van der Waals surface area (Å²) in [6.45, 7) is -0.0169. The number of primary sulfonamides is 1. The third kappa shape index (κ3) is 4.48.